The van der Waals surface area contributed by atoms with E-state index in [9.17, 15) is 0 Å². The summed E-state index contributed by atoms with van der Waals surface area (Å²) in [5.41, 5.74) is 3.08. The molecular formula is C42H72O6P2Si2. The standard InChI is InChI=1S/C42H72O6P2Si2/c1-37(2,3)41(49,38(4,5)6)33-19-35(51(43-7,44-8)45-9)36(52(46-10,47-11)48-12)20-34(33)42(50,39-21-27-13-28(22-39)15-29(14-27)23-39)40-24-30-16-31(25-40)18-32(17-30)26-40/h19-20,27-32H,13-18,21-26,49-50H2,1-12H3. The second-order valence-corrected chi connectivity index (χ2v) is 28.3. The van der Waals surface area contributed by atoms with Crippen LogP contribution in [0.2, 0.25) is 0 Å². The highest BCUT2D eigenvalue weighted by molar-refractivity contribution is 7.19. The van der Waals surface area contributed by atoms with Crippen LogP contribution in [0.25, 0.3) is 0 Å². The van der Waals surface area contributed by atoms with E-state index in [1.165, 1.54) is 88.2 Å². The molecule has 0 spiro atoms. The smallest absolute Gasteiger partial charge is 0.373 e. The molecule has 0 aromatic heterocycles. The Morgan fingerprint density at radius 3 is 0.962 bits per heavy atom. The van der Waals surface area contributed by atoms with Crippen LogP contribution in [0.4, 0.5) is 0 Å². The summed E-state index contributed by atoms with van der Waals surface area (Å²) in [7, 11) is 10.8. The summed E-state index contributed by atoms with van der Waals surface area (Å²) in [6, 6.07) is 5.02. The maximum atomic E-state index is 6.46. The van der Waals surface area contributed by atoms with Gasteiger partial charge in [-0.25, -0.2) is 0 Å². The molecule has 0 aliphatic heterocycles. The molecular weight excluding hydrogens is 719 g/mol. The van der Waals surface area contributed by atoms with E-state index < -0.39 is 17.6 Å². The van der Waals surface area contributed by atoms with Gasteiger partial charge < -0.3 is 26.6 Å². The van der Waals surface area contributed by atoms with E-state index in [1.54, 1.807) is 42.7 Å². The third-order valence-electron chi connectivity index (χ3n) is 16.4. The summed E-state index contributed by atoms with van der Waals surface area (Å²) in [6.07, 6.45) is 16.7. The molecule has 2 unspecified atom stereocenters. The average Bonchev–Trinajstić information content (AvgIpc) is 3.07. The quantitative estimate of drug-likeness (QED) is 0.156. The summed E-state index contributed by atoms with van der Waals surface area (Å²) in [6.45, 7) is 14.6. The van der Waals surface area contributed by atoms with Gasteiger partial charge in [-0.3, -0.25) is 0 Å². The highest BCUT2D eigenvalue weighted by Gasteiger charge is 2.70. The van der Waals surface area contributed by atoms with E-state index in [4.69, 9.17) is 26.6 Å². The van der Waals surface area contributed by atoms with Crippen molar-refractivity contribution in [3.8, 4) is 0 Å². The third kappa shape index (κ3) is 5.55. The largest absolute Gasteiger partial charge is 0.536 e. The molecule has 52 heavy (non-hydrogen) atoms. The second kappa shape index (κ2) is 13.4. The maximum Gasteiger partial charge on any atom is 0.536 e. The number of benzene rings is 1. The highest BCUT2D eigenvalue weighted by atomic mass is 31.0. The molecule has 0 N–H and O–H groups in total. The number of rotatable bonds is 12. The topological polar surface area (TPSA) is 55.4 Å². The fourth-order valence-electron chi connectivity index (χ4n) is 15.2. The minimum absolute atomic E-state index is 0.117. The van der Waals surface area contributed by atoms with Gasteiger partial charge >= 0.3 is 17.6 Å². The molecule has 0 heterocycles. The Balaban J connectivity index is 1.66. The van der Waals surface area contributed by atoms with Crippen molar-refractivity contribution < 1.29 is 26.6 Å². The van der Waals surface area contributed by atoms with Crippen LogP contribution in [0, 0.1) is 57.2 Å². The van der Waals surface area contributed by atoms with Crippen LogP contribution in [0.5, 0.6) is 0 Å². The molecule has 2 atom stereocenters. The van der Waals surface area contributed by atoms with Crippen LogP contribution in [-0.2, 0) is 36.9 Å². The molecule has 6 nitrogen and oxygen atoms in total. The first-order chi connectivity index (χ1) is 24.3. The van der Waals surface area contributed by atoms with E-state index in [0.717, 1.165) is 45.9 Å². The molecule has 9 rings (SSSR count). The normalized spacial score (nSPS) is 35.7. The van der Waals surface area contributed by atoms with Crippen molar-refractivity contribution >= 4 is 46.5 Å². The Hall–Kier alpha value is 0.274. The predicted octanol–water partition coefficient (Wildman–Crippen LogP) is 8.52. The van der Waals surface area contributed by atoms with Crippen molar-refractivity contribution in [3.63, 3.8) is 0 Å². The minimum Gasteiger partial charge on any atom is -0.373 e. The van der Waals surface area contributed by atoms with Gasteiger partial charge in [0.15, 0.2) is 0 Å². The Kier molecular flexibility index (Phi) is 10.4. The molecule has 8 aliphatic carbocycles. The fraction of sp³-hybridized carbons (Fsp3) is 0.857. The van der Waals surface area contributed by atoms with Gasteiger partial charge in [0.2, 0.25) is 0 Å². The average molecular weight is 791 g/mol. The van der Waals surface area contributed by atoms with Crippen molar-refractivity contribution in [2.75, 3.05) is 42.7 Å². The van der Waals surface area contributed by atoms with E-state index in [1.807, 2.05) is 0 Å². The number of hydrogen-bond donors (Lipinski definition) is 0. The monoisotopic (exact) mass is 790 g/mol. The maximum absolute atomic E-state index is 6.46. The summed E-state index contributed by atoms with van der Waals surface area (Å²) in [5, 5.41) is 1.37. The summed E-state index contributed by atoms with van der Waals surface area (Å²) < 4.78 is 38.6. The third-order valence-corrected chi connectivity index (χ3v) is 25.6. The minimum atomic E-state index is -3.48. The summed E-state index contributed by atoms with van der Waals surface area (Å²) >= 11 is 0. The molecule has 8 bridgehead atoms. The van der Waals surface area contributed by atoms with Gasteiger partial charge in [-0.15, -0.1) is 18.5 Å². The predicted molar refractivity (Wildman–Crippen MR) is 222 cm³/mol. The van der Waals surface area contributed by atoms with Gasteiger partial charge in [0.25, 0.3) is 0 Å². The van der Waals surface area contributed by atoms with Gasteiger partial charge in [0, 0.05) is 63.3 Å². The summed E-state index contributed by atoms with van der Waals surface area (Å²) in [5.74, 6) is 5.05. The SMILES string of the molecule is CO[Si](OC)(OC)c1cc(C(P)(C(C)(C)C)C(C)(C)C)c(C(P)(C23CC4CC(CC(C4)C2)C3)C23CC4CC(CC(C4)C2)C3)cc1[Si](OC)(OC)OC. The Morgan fingerprint density at radius 1 is 0.481 bits per heavy atom. The molecule has 294 valence electrons. The molecule has 1 aromatic rings. The van der Waals surface area contributed by atoms with Crippen LogP contribution in [0.3, 0.4) is 0 Å². The molecule has 10 heteroatoms. The van der Waals surface area contributed by atoms with Gasteiger partial charge in [-0.1, -0.05) is 53.7 Å². The van der Waals surface area contributed by atoms with Crippen LogP contribution in [0.15, 0.2) is 12.1 Å². The zero-order chi connectivity index (χ0) is 37.9. The van der Waals surface area contributed by atoms with Crippen molar-refractivity contribution in [1.82, 2.24) is 0 Å². The van der Waals surface area contributed by atoms with E-state index in [0.29, 0.717) is 0 Å². The summed E-state index contributed by atoms with van der Waals surface area (Å²) in [4.78, 5) is 0. The molecule has 1 aromatic carbocycles. The van der Waals surface area contributed by atoms with Crippen molar-refractivity contribution in [2.24, 2.45) is 57.2 Å². The molecule has 0 amide bonds. The van der Waals surface area contributed by atoms with Crippen molar-refractivity contribution in [1.29, 1.82) is 0 Å². The van der Waals surface area contributed by atoms with Gasteiger partial charge in [-0.05, 0) is 145 Å². The van der Waals surface area contributed by atoms with Crippen LogP contribution >= 0.6 is 18.5 Å². The lowest BCUT2D eigenvalue weighted by atomic mass is 9.36. The molecule has 8 fully saturated rings. The van der Waals surface area contributed by atoms with E-state index in [2.05, 4.69) is 72.2 Å². The van der Waals surface area contributed by atoms with Gasteiger partial charge in [-0.2, -0.15) is 0 Å². The van der Waals surface area contributed by atoms with Crippen molar-refractivity contribution in [2.45, 2.75) is 129 Å². The van der Waals surface area contributed by atoms with Crippen LogP contribution in [-0.4, -0.2) is 60.3 Å². The van der Waals surface area contributed by atoms with Crippen LogP contribution in [0.1, 0.15) is 130 Å². The number of hydrogen-bond acceptors (Lipinski definition) is 6. The molecule has 0 radical (unpaired) electrons. The van der Waals surface area contributed by atoms with E-state index in [-0.39, 0.29) is 32.0 Å². The molecule has 8 aliphatic rings. The van der Waals surface area contributed by atoms with Crippen LogP contribution < -0.4 is 10.4 Å². The first-order valence-electron chi connectivity index (χ1n) is 20.4. The lowest BCUT2D eigenvalue weighted by Gasteiger charge is -2.72. The van der Waals surface area contributed by atoms with Gasteiger partial charge in [0.05, 0.1) is 0 Å². The zero-order valence-electron chi connectivity index (χ0n) is 34.7. The first-order valence-corrected chi connectivity index (χ1v) is 25.0. The first kappa shape index (κ1) is 40.5. The van der Waals surface area contributed by atoms with Gasteiger partial charge in [0.1, 0.15) is 0 Å². The highest BCUT2D eigenvalue weighted by Crippen LogP contribution is 2.79. The van der Waals surface area contributed by atoms with Crippen molar-refractivity contribution in [3.05, 3.63) is 23.3 Å². The lowest BCUT2D eigenvalue weighted by molar-refractivity contribution is -0.158. The molecule has 0 saturated heterocycles. The lowest BCUT2D eigenvalue weighted by Crippen LogP contribution is -2.70. The fourth-order valence-corrected chi connectivity index (χ4v) is 21.0. The van der Waals surface area contributed by atoms with E-state index >= 15 is 0 Å². The Bertz CT molecular complexity index is 1360. The Morgan fingerprint density at radius 2 is 0.731 bits per heavy atom. The molecule has 8 saturated carbocycles. The zero-order valence-corrected chi connectivity index (χ0v) is 39.0. The second-order valence-electron chi connectivity index (χ2n) is 20.8. The Labute approximate surface area is 323 Å².